The fourth-order valence-electron chi connectivity index (χ4n) is 1.28. The molecular weight excluding hydrogens is 190 g/mol. The van der Waals surface area contributed by atoms with Gasteiger partial charge in [0.25, 0.3) is 0 Å². The molecule has 0 radical (unpaired) electrons. The van der Waals surface area contributed by atoms with Crippen LogP contribution in [0.2, 0.25) is 0 Å². The Balaban J connectivity index is 1.96. The van der Waals surface area contributed by atoms with E-state index in [1.54, 1.807) is 6.26 Å². The van der Waals surface area contributed by atoms with E-state index in [0.717, 1.165) is 38.5 Å². The Bertz CT molecular complexity index is 258. The van der Waals surface area contributed by atoms with E-state index in [1.165, 1.54) is 12.0 Å². The second-order valence-electron chi connectivity index (χ2n) is 3.67. The Morgan fingerprint density at radius 1 is 1.40 bits per heavy atom. The van der Waals surface area contributed by atoms with Crippen molar-refractivity contribution in [2.75, 3.05) is 19.8 Å². The Morgan fingerprint density at radius 2 is 2.27 bits per heavy atom. The van der Waals surface area contributed by atoms with E-state index < -0.39 is 0 Å². The van der Waals surface area contributed by atoms with E-state index in [0.29, 0.717) is 0 Å². The van der Waals surface area contributed by atoms with E-state index in [9.17, 15) is 0 Å². The first kappa shape index (κ1) is 12.3. The Morgan fingerprint density at radius 3 is 2.93 bits per heavy atom. The molecule has 0 amide bonds. The molecule has 15 heavy (non-hydrogen) atoms. The topological polar surface area (TPSA) is 34.4 Å². The summed E-state index contributed by atoms with van der Waals surface area (Å²) < 4.78 is 10.7. The lowest BCUT2D eigenvalue weighted by Gasteiger charge is -2.04. The summed E-state index contributed by atoms with van der Waals surface area (Å²) in [6.45, 7) is 7.54. The summed E-state index contributed by atoms with van der Waals surface area (Å²) in [6, 6.07) is 1.98. The van der Waals surface area contributed by atoms with E-state index in [2.05, 4.69) is 19.2 Å². The van der Waals surface area contributed by atoms with Crippen molar-refractivity contribution >= 4 is 0 Å². The van der Waals surface area contributed by atoms with E-state index >= 15 is 0 Å². The van der Waals surface area contributed by atoms with Crippen molar-refractivity contribution in [1.29, 1.82) is 0 Å². The molecule has 0 saturated carbocycles. The van der Waals surface area contributed by atoms with Crippen LogP contribution in [-0.2, 0) is 11.3 Å². The smallest absolute Gasteiger partial charge is 0.120 e. The largest absolute Gasteiger partial charge is 0.468 e. The van der Waals surface area contributed by atoms with Crippen molar-refractivity contribution in [1.82, 2.24) is 5.32 Å². The molecule has 3 nitrogen and oxygen atoms in total. The highest BCUT2D eigenvalue weighted by molar-refractivity contribution is 5.13. The summed E-state index contributed by atoms with van der Waals surface area (Å²) in [5.41, 5.74) is 1.20. The highest BCUT2D eigenvalue weighted by Crippen LogP contribution is 2.07. The van der Waals surface area contributed by atoms with Gasteiger partial charge >= 0.3 is 0 Å². The van der Waals surface area contributed by atoms with Crippen LogP contribution >= 0.6 is 0 Å². The van der Waals surface area contributed by atoms with Crippen LogP contribution in [0.4, 0.5) is 0 Å². The van der Waals surface area contributed by atoms with Gasteiger partial charge < -0.3 is 14.5 Å². The highest BCUT2D eigenvalue weighted by atomic mass is 16.5. The molecular formula is C12H21NO2. The average Bonchev–Trinajstić information content (AvgIpc) is 2.63. The first-order valence-corrected chi connectivity index (χ1v) is 5.66. The summed E-state index contributed by atoms with van der Waals surface area (Å²) >= 11 is 0. The van der Waals surface area contributed by atoms with Crippen molar-refractivity contribution in [3.63, 3.8) is 0 Å². The first-order chi connectivity index (χ1) is 7.34. The van der Waals surface area contributed by atoms with Gasteiger partial charge in [-0.2, -0.15) is 0 Å². The van der Waals surface area contributed by atoms with Crippen LogP contribution in [0.5, 0.6) is 0 Å². The van der Waals surface area contributed by atoms with Gasteiger partial charge in [-0.1, -0.05) is 13.3 Å². The third-order valence-electron chi connectivity index (χ3n) is 2.32. The van der Waals surface area contributed by atoms with Crippen LogP contribution in [0.15, 0.2) is 16.7 Å². The van der Waals surface area contributed by atoms with Crippen molar-refractivity contribution in [3.8, 4) is 0 Å². The minimum Gasteiger partial charge on any atom is -0.468 e. The Kier molecular flexibility index (Phi) is 6.12. The number of nitrogens with one attached hydrogen (secondary N) is 1. The molecule has 0 aromatic carbocycles. The van der Waals surface area contributed by atoms with Gasteiger partial charge in [0, 0.05) is 13.2 Å². The molecule has 0 aliphatic heterocycles. The molecule has 1 aromatic rings. The predicted octanol–water partition coefficient (Wildman–Crippen LogP) is 2.49. The number of rotatable bonds is 8. The quantitative estimate of drug-likeness (QED) is 0.671. The van der Waals surface area contributed by atoms with Gasteiger partial charge in [0.15, 0.2) is 0 Å². The van der Waals surface area contributed by atoms with Crippen LogP contribution in [0.25, 0.3) is 0 Å². The lowest BCUT2D eigenvalue weighted by atomic mass is 10.3. The minimum absolute atomic E-state index is 0.778. The van der Waals surface area contributed by atoms with Gasteiger partial charge in [0.05, 0.1) is 19.4 Å². The van der Waals surface area contributed by atoms with Gasteiger partial charge in [-0.3, -0.25) is 0 Å². The normalized spacial score (nSPS) is 10.8. The fraction of sp³-hybridized carbons (Fsp3) is 0.667. The van der Waals surface area contributed by atoms with Gasteiger partial charge in [0.1, 0.15) is 5.76 Å². The van der Waals surface area contributed by atoms with Gasteiger partial charge in [-0.05, 0) is 25.0 Å². The second-order valence-corrected chi connectivity index (χ2v) is 3.67. The third kappa shape index (κ3) is 5.00. The summed E-state index contributed by atoms with van der Waals surface area (Å²) in [5.74, 6) is 1.02. The molecule has 1 rings (SSSR count). The first-order valence-electron chi connectivity index (χ1n) is 5.66. The van der Waals surface area contributed by atoms with Crippen molar-refractivity contribution in [2.24, 2.45) is 0 Å². The fourth-order valence-corrected chi connectivity index (χ4v) is 1.28. The standard InChI is InChI=1S/C12H21NO2/c1-3-4-7-14-9-6-13-10-12-11(2)5-8-15-12/h5,8,13H,3-4,6-7,9-10H2,1-2H3. The molecule has 0 bridgehead atoms. The van der Waals surface area contributed by atoms with E-state index in [1.807, 2.05) is 6.07 Å². The number of unbranched alkanes of at least 4 members (excludes halogenated alkanes) is 1. The second kappa shape index (κ2) is 7.49. The Hall–Kier alpha value is -0.800. The molecule has 1 aromatic heterocycles. The van der Waals surface area contributed by atoms with Crippen molar-refractivity contribution in [2.45, 2.75) is 33.2 Å². The molecule has 0 atom stereocenters. The van der Waals surface area contributed by atoms with Crippen LogP contribution in [0, 0.1) is 6.92 Å². The van der Waals surface area contributed by atoms with Crippen LogP contribution < -0.4 is 5.32 Å². The highest BCUT2D eigenvalue weighted by Gasteiger charge is 1.99. The maximum absolute atomic E-state index is 5.43. The van der Waals surface area contributed by atoms with Gasteiger partial charge in [-0.25, -0.2) is 0 Å². The summed E-state index contributed by atoms with van der Waals surface area (Å²) in [7, 11) is 0. The molecule has 0 fully saturated rings. The maximum atomic E-state index is 5.43. The zero-order valence-electron chi connectivity index (χ0n) is 9.71. The predicted molar refractivity (Wildman–Crippen MR) is 60.9 cm³/mol. The van der Waals surface area contributed by atoms with E-state index in [-0.39, 0.29) is 0 Å². The van der Waals surface area contributed by atoms with Gasteiger partial charge in [-0.15, -0.1) is 0 Å². The van der Waals surface area contributed by atoms with E-state index in [4.69, 9.17) is 9.15 Å². The lowest BCUT2D eigenvalue weighted by molar-refractivity contribution is 0.132. The summed E-state index contributed by atoms with van der Waals surface area (Å²) in [5, 5.41) is 3.29. The molecule has 0 spiro atoms. The zero-order chi connectivity index (χ0) is 10.9. The number of furan rings is 1. The van der Waals surface area contributed by atoms with Crippen LogP contribution in [0.3, 0.4) is 0 Å². The van der Waals surface area contributed by atoms with Crippen LogP contribution in [0.1, 0.15) is 31.1 Å². The monoisotopic (exact) mass is 211 g/mol. The maximum Gasteiger partial charge on any atom is 0.120 e. The lowest BCUT2D eigenvalue weighted by Crippen LogP contribution is -2.19. The summed E-state index contributed by atoms with van der Waals surface area (Å²) in [6.07, 6.45) is 4.07. The van der Waals surface area contributed by atoms with Crippen LogP contribution in [-0.4, -0.2) is 19.8 Å². The van der Waals surface area contributed by atoms with Crippen molar-refractivity contribution < 1.29 is 9.15 Å². The average molecular weight is 211 g/mol. The van der Waals surface area contributed by atoms with Gasteiger partial charge in [0.2, 0.25) is 0 Å². The SMILES string of the molecule is CCCCOCCNCc1occc1C. The molecule has 1 N–H and O–H groups in total. The number of hydrogen-bond donors (Lipinski definition) is 1. The number of hydrogen-bond acceptors (Lipinski definition) is 3. The molecule has 0 aliphatic rings. The molecule has 1 heterocycles. The molecule has 86 valence electrons. The molecule has 0 aliphatic carbocycles. The Labute approximate surface area is 91.8 Å². The number of ether oxygens (including phenoxy) is 1. The van der Waals surface area contributed by atoms with Crippen molar-refractivity contribution in [3.05, 3.63) is 23.7 Å². The minimum atomic E-state index is 0.778. The summed E-state index contributed by atoms with van der Waals surface area (Å²) in [4.78, 5) is 0. The third-order valence-corrected chi connectivity index (χ3v) is 2.32. The molecule has 0 saturated heterocycles. The molecule has 0 unspecified atom stereocenters. The zero-order valence-corrected chi connectivity index (χ0v) is 9.71. The molecule has 3 heteroatoms. The number of aryl methyl sites for hydroxylation is 1.